The number of rotatable bonds is 9. The van der Waals surface area contributed by atoms with E-state index in [2.05, 4.69) is 32.2 Å². The Morgan fingerprint density at radius 2 is 1.77 bits per heavy atom. The fraction of sp³-hybridized carbons (Fsp3) is 0.455. The van der Waals surface area contributed by atoms with Crippen LogP contribution >= 0.6 is 0 Å². The van der Waals surface area contributed by atoms with Gasteiger partial charge in [-0.15, -0.1) is 6.58 Å². The average molecular weight is 361 g/mol. The second kappa shape index (κ2) is 14.9. The molecule has 0 aliphatic carbocycles. The maximum absolute atomic E-state index is 11.8. The Morgan fingerprint density at radius 3 is 2.19 bits per heavy atom. The lowest BCUT2D eigenvalue weighted by Gasteiger charge is -2.19. The summed E-state index contributed by atoms with van der Waals surface area (Å²) in [5, 5.41) is 17.5. The van der Waals surface area contributed by atoms with E-state index >= 15 is 0 Å². The molecule has 0 aromatic heterocycles. The van der Waals surface area contributed by atoms with E-state index in [-0.39, 0.29) is 5.84 Å². The first-order valence-electron chi connectivity index (χ1n) is 9.23. The molecule has 0 unspecified atom stereocenters. The summed E-state index contributed by atoms with van der Waals surface area (Å²) in [6.45, 7) is 17.0. The van der Waals surface area contributed by atoms with Crippen LogP contribution in [0.2, 0.25) is 0 Å². The van der Waals surface area contributed by atoms with Crippen LogP contribution in [0.25, 0.3) is 0 Å². The monoisotopic (exact) mass is 360 g/mol. The first-order valence-corrected chi connectivity index (χ1v) is 9.23. The van der Waals surface area contributed by atoms with Gasteiger partial charge in [-0.1, -0.05) is 52.5 Å². The summed E-state index contributed by atoms with van der Waals surface area (Å²) in [4.78, 5) is 12.9. The zero-order valence-corrected chi connectivity index (χ0v) is 17.4. The average Bonchev–Trinajstić information content (AvgIpc) is 2.64. The molecule has 0 saturated carbocycles. The number of hydrogen-bond donors (Lipinski definition) is 2. The highest BCUT2D eigenvalue weighted by molar-refractivity contribution is 6.09. The van der Waals surface area contributed by atoms with Crippen molar-refractivity contribution in [2.24, 2.45) is 0 Å². The minimum Gasteiger partial charge on any atom is -0.503 e. The lowest BCUT2D eigenvalue weighted by molar-refractivity contribution is -0.125. The number of amides is 1. The molecule has 0 heterocycles. The molecule has 0 aliphatic rings. The lowest BCUT2D eigenvalue weighted by Crippen LogP contribution is -2.34. The third-order valence-corrected chi connectivity index (χ3v) is 3.60. The molecule has 0 spiro atoms. The Labute approximate surface area is 159 Å². The molecule has 0 aliphatic heterocycles. The van der Waals surface area contributed by atoms with Crippen LogP contribution in [0.15, 0.2) is 59.9 Å². The molecule has 1 amide bonds. The number of nitrogens with zero attached hydrogens (tertiary/aromatic N) is 1. The van der Waals surface area contributed by atoms with Crippen LogP contribution in [0.1, 0.15) is 60.3 Å². The second-order valence-corrected chi connectivity index (χ2v) is 5.50. The first kappa shape index (κ1) is 25.9. The number of likely N-dealkylation sites (N-methyl/N-ethyl adjacent to an activating group) is 1. The zero-order valence-electron chi connectivity index (χ0n) is 17.4. The van der Waals surface area contributed by atoms with E-state index in [1.54, 1.807) is 0 Å². The van der Waals surface area contributed by atoms with Gasteiger partial charge in [0, 0.05) is 7.05 Å². The predicted octanol–water partition coefficient (Wildman–Crippen LogP) is 6.11. The Hall–Kier alpha value is -2.36. The fourth-order valence-corrected chi connectivity index (χ4v) is 2.13. The normalized spacial score (nSPS) is 12.0. The fourth-order valence-electron chi connectivity index (χ4n) is 2.13. The van der Waals surface area contributed by atoms with Crippen molar-refractivity contribution in [1.82, 2.24) is 4.90 Å². The van der Waals surface area contributed by atoms with Crippen molar-refractivity contribution in [3.05, 3.63) is 59.9 Å². The Balaban J connectivity index is 0. The molecule has 4 heteroatoms. The summed E-state index contributed by atoms with van der Waals surface area (Å²) >= 11 is 0. The lowest BCUT2D eigenvalue weighted by atomic mass is 9.99. The summed E-state index contributed by atoms with van der Waals surface area (Å²) in [6.07, 6.45) is 11.4. The van der Waals surface area contributed by atoms with Gasteiger partial charge in [-0.25, -0.2) is 0 Å². The van der Waals surface area contributed by atoms with Gasteiger partial charge < -0.3 is 5.11 Å². The highest BCUT2D eigenvalue weighted by Gasteiger charge is 2.18. The van der Waals surface area contributed by atoms with E-state index in [4.69, 9.17) is 5.41 Å². The van der Waals surface area contributed by atoms with Crippen molar-refractivity contribution in [3.8, 4) is 0 Å². The van der Waals surface area contributed by atoms with Crippen LogP contribution in [0, 0.1) is 5.41 Å². The van der Waals surface area contributed by atoms with Gasteiger partial charge >= 0.3 is 0 Å². The third kappa shape index (κ3) is 9.21. The Kier molecular flexibility index (Phi) is 14.9. The number of aliphatic hydroxyl groups is 1. The maximum atomic E-state index is 11.8. The highest BCUT2D eigenvalue weighted by Crippen LogP contribution is 2.19. The van der Waals surface area contributed by atoms with Gasteiger partial charge in [0.05, 0.1) is 0 Å². The number of carbonyl (C=O) groups is 1. The molecule has 2 N–H and O–H groups in total. The molecule has 146 valence electrons. The van der Waals surface area contributed by atoms with Gasteiger partial charge in [-0.2, -0.15) is 0 Å². The molecule has 0 atom stereocenters. The molecule has 4 nitrogen and oxygen atoms in total. The van der Waals surface area contributed by atoms with Crippen molar-refractivity contribution < 1.29 is 9.90 Å². The van der Waals surface area contributed by atoms with Gasteiger partial charge in [0.25, 0.3) is 5.91 Å². The van der Waals surface area contributed by atoms with Crippen LogP contribution in [0.5, 0.6) is 0 Å². The van der Waals surface area contributed by atoms with Gasteiger partial charge in [-0.05, 0) is 55.4 Å². The van der Waals surface area contributed by atoms with Crippen LogP contribution in [0.3, 0.4) is 0 Å². The molecular weight excluding hydrogens is 324 g/mol. The Bertz CT molecular complexity index is 581. The van der Waals surface area contributed by atoms with Crippen molar-refractivity contribution in [3.63, 3.8) is 0 Å². The minimum atomic E-state index is -0.668. The van der Waals surface area contributed by atoms with Gasteiger partial charge in [0.1, 0.15) is 5.84 Å². The molecule has 0 fully saturated rings. The van der Waals surface area contributed by atoms with Crippen LogP contribution < -0.4 is 0 Å². The molecule has 0 saturated heterocycles. The standard InChI is InChI=1S/C20H30N2O2.C2H6/c1-7-10-11-13-15(4)18(12-8-2)14-17(9-3)19(21)22(6)20(24)16(5)23;1-2/h7,12-14,21,23H,1,5,8-11H2,2-4,6H3;1-2H3/b15-13+,17-14+,18-12+,21-19?;. The number of aliphatic hydroxyl groups excluding tert-OH is 1. The number of carbonyl (C=O) groups excluding carboxylic acids is 1. The van der Waals surface area contributed by atoms with E-state index in [1.807, 2.05) is 39.8 Å². The summed E-state index contributed by atoms with van der Waals surface area (Å²) in [6, 6.07) is 0. The van der Waals surface area contributed by atoms with E-state index in [0.29, 0.717) is 6.42 Å². The van der Waals surface area contributed by atoms with E-state index < -0.39 is 11.7 Å². The topological polar surface area (TPSA) is 64.4 Å². The van der Waals surface area contributed by atoms with E-state index in [1.165, 1.54) is 7.05 Å². The molecule has 26 heavy (non-hydrogen) atoms. The molecular formula is C22H36N2O2. The van der Waals surface area contributed by atoms with Crippen LogP contribution in [-0.4, -0.2) is 28.8 Å². The van der Waals surface area contributed by atoms with E-state index in [9.17, 15) is 9.90 Å². The molecule has 0 bridgehead atoms. The number of unbranched alkanes of at least 4 members (excludes halogenated alkanes) is 1. The minimum absolute atomic E-state index is 0.0681. The number of amidine groups is 1. The highest BCUT2D eigenvalue weighted by atomic mass is 16.3. The maximum Gasteiger partial charge on any atom is 0.293 e. The smallest absolute Gasteiger partial charge is 0.293 e. The van der Waals surface area contributed by atoms with Gasteiger partial charge in [0.15, 0.2) is 5.76 Å². The molecule has 0 rings (SSSR count). The summed E-state index contributed by atoms with van der Waals surface area (Å²) < 4.78 is 0. The van der Waals surface area contributed by atoms with Crippen LogP contribution in [0.4, 0.5) is 0 Å². The van der Waals surface area contributed by atoms with Crippen molar-refractivity contribution >= 4 is 11.7 Å². The molecule has 0 aromatic rings. The SMILES string of the molecule is C=CCC/C=C(C)/C(/C=C(\CC)C(=N)N(C)C(=O)C(=C)O)=C/CC.CC. The number of allylic oxidation sites excluding steroid dienone is 6. The predicted molar refractivity (Wildman–Crippen MR) is 114 cm³/mol. The van der Waals surface area contributed by atoms with Crippen molar-refractivity contribution in [1.29, 1.82) is 5.41 Å². The first-order chi connectivity index (χ1) is 12.3. The summed E-state index contributed by atoms with van der Waals surface area (Å²) in [5.41, 5.74) is 2.91. The number of nitrogens with one attached hydrogen (secondary N) is 1. The quantitative estimate of drug-likeness (QED) is 0.0991. The van der Waals surface area contributed by atoms with Crippen LogP contribution in [-0.2, 0) is 4.79 Å². The molecule has 0 radical (unpaired) electrons. The molecule has 0 aromatic carbocycles. The summed E-state index contributed by atoms with van der Waals surface area (Å²) in [7, 11) is 1.46. The van der Waals surface area contributed by atoms with E-state index in [0.717, 1.165) is 40.9 Å². The summed E-state index contributed by atoms with van der Waals surface area (Å²) in [5.74, 6) is -1.17. The number of hydrogen-bond acceptors (Lipinski definition) is 3. The Morgan fingerprint density at radius 1 is 1.19 bits per heavy atom. The zero-order chi connectivity index (χ0) is 20.7. The third-order valence-electron chi connectivity index (χ3n) is 3.60. The largest absolute Gasteiger partial charge is 0.503 e. The van der Waals surface area contributed by atoms with Gasteiger partial charge in [-0.3, -0.25) is 15.1 Å². The van der Waals surface area contributed by atoms with Gasteiger partial charge in [0.2, 0.25) is 0 Å². The van der Waals surface area contributed by atoms with Crippen molar-refractivity contribution in [2.45, 2.75) is 60.3 Å². The second-order valence-electron chi connectivity index (χ2n) is 5.50. The van der Waals surface area contributed by atoms with Crippen molar-refractivity contribution in [2.75, 3.05) is 7.05 Å².